The van der Waals surface area contributed by atoms with E-state index in [0.717, 1.165) is 0 Å². The normalized spacial score (nSPS) is 11.8. The second-order valence-electron chi connectivity index (χ2n) is 17.3. The minimum Gasteiger partial charge on any atom is -0.444 e. The second kappa shape index (κ2) is 69.8. The maximum absolute atomic E-state index is 11.5. The molecule has 0 aliphatic carbocycles. The zero-order valence-electron chi connectivity index (χ0n) is 49.2. The van der Waals surface area contributed by atoms with E-state index in [1.165, 1.54) is 0 Å². The van der Waals surface area contributed by atoms with E-state index in [0.29, 0.717) is 317 Å². The number of hydrogen-bond donors (Lipinski definition) is 2. The Balaban J connectivity index is 3.10. The Morgan fingerprint density at radius 2 is 0.362 bits per heavy atom. The Morgan fingerprint density at radius 1 is 0.237 bits per heavy atom. The van der Waals surface area contributed by atoms with E-state index < -0.39 is 11.7 Å². The lowest BCUT2D eigenvalue weighted by molar-refractivity contribution is -0.0318. The second-order valence-corrected chi connectivity index (χ2v) is 17.3. The first-order valence-corrected chi connectivity index (χ1v) is 28.4. The number of carbonyl (C=O) groups excluding carboxylic acids is 1. The van der Waals surface area contributed by atoms with Gasteiger partial charge in [0.2, 0.25) is 0 Å². The van der Waals surface area contributed by atoms with Crippen LogP contribution in [0.2, 0.25) is 0 Å². The predicted molar refractivity (Wildman–Crippen MR) is 292 cm³/mol. The van der Waals surface area contributed by atoms with Gasteiger partial charge in [0.1, 0.15) is 5.60 Å². The lowest BCUT2D eigenvalue weighted by Gasteiger charge is -2.19. The van der Waals surface area contributed by atoms with Crippen LogP contribution in [0.3, 0.4) is 0 Å². The summed E-state index contributed by atoms with van der Waals surface area (Å²) < 4.78 is 131. The molecule has 27 heteroatoms. The minimum atomic E-state index is -0.521. The lowest BCUT2D eigenvalue weighted by Crippen LogP contribution is -2.34. The standard InChI is InChI=1S/C53H108N2O25/c1-53(2,3)80-52(56)55-5-7-58-9-11-60-13-15-62-17-19-64-21-23-66-25-27-68-29-31-70-33-35-72-37-39-74-41-43-76-45-47-78-49-51-79-50-48-77-46-44-75-42-40-73-38-36-71-34-32-69-30-28-67-26-24-65-22-20-63-18-16-61-14-12-59-10-8-57-6-4-54/h4-51,54H2,1-3H3,(H,55,56). The van der Waals surface area contributed by atoms with Crippen molar-refractivity contribution < 1.29 is 118 Å². The molecular weight excluding hydrogens is 1060 g/mol. The maximum atomic E-state index is 11.5. The molecule has 27 nitrogen and oxygen atoms in total. The summed E-state index contributed by atoms with van der Waals surface area (Å²) >= 11 is 0. The van der Waals surface area contributed by atoms with Gasteiger partial charge in [-0.2, -0.15) is 0 Å². The van der Waals surface area contributed by atoms with Crippen molar-refractivity contribution in [2.45, 2.75) is 26.4 Å². The van der Waals surface area contributed by atoms with E-state index >= 15 is 0 Å². The zero-order valence-corrected chi connectivity index (χ0v) is 49.2. The summed E-state index contributed by atoms with van der Waals surface area (Å²) in [6.45, 7) is 28.7. The maximum Gasteiger partial charge on any atom is 0.407 e. The third-order valence-electron chi connectivity index (χ3n) is 9.36. The van der Waals surface area contributed by atoms with Crippen LogP contribution < -0.4 is 11.1 Å². The van der Waals surface area contributed by atoms with Gasteiger partial charge in [-0.25, -0.2) is 4.79 Å². The molecule has 480 valence electrons. The highest BCUT2D eigenvalue weighted by atomic mass is 16.6. The third-order valence-corrected chi connectivity index (χ3v) is 9.36. The summed E-state index contributed by atoms with van der Waals surface area (Å²) in [5.74, 6) is 0. The summed E-state index contributed by atoms with van der Waals surface area (Å²) in [6.07, 6.45) is -0.458. The molecule has 1 amide bonds. The van der Waals surface area contributed by atoms with Gasteiger partial charge < -0.3 is 125 Å². The topological polar surface area (TPSA) is 277 Å². The summed E-state index contributed by atoms with van der Waals surface area (Å²) in [4.78, 5) is 11.5. The molecule has 0 fully saturated rings. The van der Waals surface area contributed by atoms with Crippen molar-refractivity contribution in [3.63, 3.8) is 0 Å². The first kappa shape index (κ1) is 78.3. The van der Waals surface area contributed by atoms with Crippen LogP contribution in [-0.2, 0) is 114 Å². The molecule has 0 atom stereocenters. The monoisotopic (exact) mass is 1170 g/mol. The number of rotatable bonds is 71. The van der Waals surface area contributed by atoms with Crippen LogP contribution in [0.15, 0.2) is 0 Å². The molecule has 0 aliphatic heterocycles. The quantitative estimate of drug-likeness (QED) is 0.0799. The first-order chi connectivity index (χ1) is 39.5. The smallest absolute Gasteiger partial charge is 0.407 e. The van der Waals surface area contributed by atoms with Crippen molar-refractivity contribution in [2.24, 2.45) is 5.73 Å². The van der Waals surface area contributed by atoms with Gasteiger partial charge in [0, 0.05) is 13.1 Å². The Bertz CT molecular complexity index is 1160. The molecule has 0 aliphatic rings. The average Bonchev–Trinajstić information content (AvgIpc) is 3.44. The summed E-state index contributed by atoms with van der Waals surface area (Å²) in [7, 11) is 0. The van der Waals surface area contributed by atoms with E-state index in [1.54, 1.807) is 0 Å². The van der Waals surface area contributed by atoms with E-state index in [4.69, 9.17) is 119 Å². The van der Waals surface area contributed by atoms with Gasteiger partial charge in [-0.05, 0) is 20.8 Å². The van der Waals surface area contributed by atoms with Crippen LogP contribution in [0.5, 0.6) is 0 Å². The molecule has 0 heterocycles. The van der Waals surface area contributed by atoms with Crippen LogP contribution >= 0.6 is 0 Å². The number of nitrogens with two attached hydrogens (primary N) is 1. The summed E-state index contributed by atoms with van der Waals surface area (Å²) in [5, 5.41) is 2.63. The van der Waals surface area contributed by atoms with Crippen LogP contribution in [-0.4, -0.2) is 329 Å². The molecule has 0 aromatic carbocycles. The largest absolute Gasteiger partial charge is 0.444 e. The van der Waals surface area contributed by atoms with Crippen LogP contribution in [0, 0.1) is 0 Å². The fourth-order valence-electron chi connectivity index (χ4n) is 5.56. The molecule has 0 spiro atoms. The van der Waals surface area contributed by atoms with Gasteiger partial charge in [-0.1, -0.05) is 0 Å². The van der Waals surface area contributed by atoms with Crippen LogP contribution in [0.25, 0.3) is 0 Å². The fraction of sp³-hybridized carbons (Fsp3) is 0.981. The Hall–Kier alpha value is -1.69. The first-order valence-electron chi connectivity index (χ1n) is 28.4. The number of nitrogens with one attached hydrogen (secondary N) is 1. The molecule has 0 rings (SSSR count). The highest BCUT2D eigenvalue weighted by molar-refractivity contribution is 5.67. The van der Waals surface area contributed by atoms with Crippen LogP contribution in [0.1, 0.15) is 20.8 Å². The van der Waals surface area contributed by atoms with Gasteiger partial charge in [-0.3, -0.25) is 0 Å². The molecule has 80 heavy (non-hydrogen) atoms. The fourth-order valence-corrected chi connectivity index (χ4v) is 5.56. The molecule has 0 radical (unpaired) electrons. The molecule has 3 N–H and O–H groups in total. The van der Waals surface area contributed by atoms with Gasteiger partial charge >= 0.3 is 6.09 Å². The predicted octanol–water partition coefficient (Wildman–Crippen LogP) is 0.852. The molecule has 0 aromatic heterocycles. The minimum absolute atomic E-state index is 0.374. The van der Waals surface area contributed by atoms with Crippen molar-refractivity contribution in [1.29, 1.82) is 0 Å². The highest BCUT2D eigenvalue weighted by Gasteiger charge is 2.15. The van der Waals surface area contributed by atoms with Crippen LogP contribution in [0.4, 0.5) is 4.79 Å². The van der Waals surface area contributed by atoms with Crippen molar-refractivity contribution in [3.05, 3.63) is 0 Å². The summed E-state index contributed by atoms with van der Waals surface area (Å²) in [6, 6.07) is 0. The van der Waals surface area contributed by atoms with Gasteiger partial charge in [-0.15, -0.1) is 0 Å². The molecule has 0 saturated carbocycles. The van der Waals surface area contributed by atoms with E-state index in [-0.39, 0.29) is 0 Å². The molecule has 0 bridgehead atoms. The lowest BCUT2D eigenvalue weighted by atomic mass is 10.2. The molecular formula is C53H108N2O25. The highest BCUT2D eigenvalue weighted by Crippen LogP contribution is 2.06. The van der Waals surface area contributed by atoms with Crippen molar-refractivity contribution in [3.8, 4) is 0 Å². The van der Waals surface area contributed by atoms with Crippen molar-refractivity contribution in [2.75, 3.05) is 317 Å². The number of ether oxygens (including phenoxy) is 24. The van der Waals surface area contributed by atoms with Gasteiger partial charge in [0.25, 0.3) is 0 Å². The summed E-state index contributed by atoms with van der Waals surface area (Å²) in [5.41, 5.74) is 4.82. The van der Waals surface area contributed by atoms with Crippen molar-refractivity contribution >= 4 is 6.09 Å². The van der Waals surface area contributed by atoms with Gasteiger partial charge in [0.05, 0.1) is 304 Å². The Labute approximate surface area is 477 Å². The van der Waals surface area contributed by atoms with Gasteiger partial charge in [0.15, 0.2) is 0 Å². The SMILES string of the molecule is CC(C)(C)OC(=O)NCCOCCOCCOCCOCCOCCOCCOCCOCCOCCOCCOCCOCCOCCOCCOCCOCCOCCOCCOCCOCCOCCOCCOCCN. The molecule has 0 aromatic rings. The van der Waals surface area contributed by atoms with E-state index in [2.05, 4.69) is 5.32 Å². The zero-order chi connectivity index (χ0) is 57.7. The van der Waals surface area contributed by atoms with E-state index in [1.807, 2.05) is 20.8 Å². The number of carbonyl (C=O) groups is 1. The Kier molecular flexibility index (Phi) is 68.3. The number of alkyl carbamates (subject to hydrolysis) is 1. The number of hydrogen-bond acceptors (Lipinski definition) is 26. The Morgan fingerprint density at radius 3 is 0.487 bits per heavy atom. The van der Waals surface area contributed by atoms with E-state index in [9.17, 15) is 4.79 Å². The van der Waals surface area contributed by atoms with Crippen molar-refractivity contribution in [1.82, 2.24) is 5.32 Å². The molecule has 0 unspecified atom stereocenters. The third kappa shape index (κ3) is 74.3. The number of amides is 1. The average molecular weight is 1170 g/mol. The molecule has 0 saturated heterocycles.